The van der Waals surface area contributed by atoms with Gasteiger partial charge in [0.25, 0.3) is 11.5 Å². The summed E-state index contributed by atoms with van der Waals surface area (Å²) in [6, 6.07) is 5.73. The Labute approximate surface area is 165 Å². The molecule has 0 bridgehead atoms. The van der Waals surface area contributed by atoms with Crippen LogP contribution >= 0.6 is 0 Å². The van der Waals surface area contributed by atoms with Gasteiger partial charge in [-0.05, 0) is 31.2 Å². The quantitative estimate of drug-likeness (QED) is 0.650. The fourth-order valence-corrected chi connectivity index (χ4v) is 3.18. The van der Waals surface area contributed by atoms with Gasteiger partial charge in [-0.1, -0.05) is 5.16 Å². The first-order chi connectivity index (χ1) is 14.0. The Balaban J connectivity index is 1.59. The highest BCUT2D eigenvalue weighted by atomic mass is 16.5. The molecular weight excluding hydrogens is 376 g/mol. The molecule has 10 heteroatoms. The topological polar surface area (TPSA) is 134 Å². The largest absolute Gasteiger partial charge is 0.353 e. The molecular formula is C19H18N6O4. The third kappa shape index (κ3) is 3.77. The molecule has 0 saturated carbocycles. The number of hydrogen-bond acceptors (Lipinski definition) is 7. The van der Waals surface area contributed by atoms with Gasteiger partial charge in [0, 0.05) is 36.7 Å². The summed E-state index contributed by atoms with van der Waals surface area (Å²) in [5.41, 5.74) is 0.868. The van der Waals surface area contributed by atoms with Crippen molar-refractivity contribution in [3.8, 4) is 11.4 Å². The average Bonchev–Trinajstić information content (AvgIpc) is 3.18. The zero-order valence-electron chi connectivity index (χ0n) is 15.6. The first kappa shape index (κ1) is 18.5. The molecule has 0 spiro atoms. The Morgan fingerprint density at radius 1 is 1.24 bits per heavy atom. The van der Waals surface area contributed by atoms with E-state index in [0.29, 0.717) is 18.1 Å². The highest BCUT2D eigenvalue weighted by Gasteiger charge is 2.36. The lowest BCUT2D eigenvalue weighted by Crippen LogP contribution is -2.58. The van der Waals surface area contributed by atoms with E-state index in [1.165, 1.54) is 11.0 Å². The summed E-state index contributed by atoms with van der Waals surface area (Å²) in [6.45, 7) is 2.30. The van der Waals surface area contributed by atoms with Gasteiger partial charge in [-0.25, -0.2) is 0 Å². The summed E-state index contributed by atoms with van der Waals surface area (Å²) in [7, 11) is 0. The summed E-state index contributed by atoms with van der Waals surface area (Å²) in [5, 5.41) is 6.66. The first-order valence-electron chi connectivity index (χ1n) is 9.04. The van der Waals surface area contributed by atoms with Crippen molar-refractivity contribution in [3.05, 3.63) is 64.2 Å². The number of carbonyl (C=O) groups excluding carboxylic acids is 2. The Morgan fingerprint density at radius 2 is 2.03 bits per heavy atom. The number of pyridine rings is 2. The molecule has 1 saturated heterocycles. The molecule has 148 valence electrons. The lowest BCUT2D eigenvalue weighted by atomic mass is 10.1. The Kier molecular flexibility index (Phi) is 4.90. The highest BCUT2D eigenvalue weighted by molar-refractivity contribution is 5.98. The SMILES string of the molecule is Cc1ccc(C(=O)N2CCNC(=O)C2Cc2nc(-c3ccncc3)no2)c(=O)[nH]1. The van der Waals surface area contributed by atoms with E-state index in [1.54, 1.807) is 37.5 Å². The number of aryl methyl sites for hydroxylation is 1. The van der Waals surface area contributed by atoms with Gasteiger partial charge in [0.1, 0.15) is 11.6 Å². The molecule has 1 aliphatic heterocycles. The van der Waals surface area contributed by atoms with Gasteiger partial charge < -0.3 is 19.7 Å². The number of amides is 2. The smallest absolute Gasteiger partial charge is 0.260 e. The van der Waals surface area contributed by atoms with Crippen LogP contribution in [-0.2, 0) is 11.2 Å². The molecule has 4 rings (SSSR count). The number of aromatic amines is 1. The molecule has 29 heavy (non-hydrogen) atoms. The average molecular weight is 394 g/mol. The number of hydrogen-bond donors (Lipinski definition) is 2. The summed E-state index contributed by atoms with van der Waals surface area (Å²) >= 11 is 0. The van der Waals surface area contributed by atoms with Gasteiger partial charge in [0.05, 0.1) is 6.42 Å². The minimum absolute atomic E-state index is 0.0155. The lowest BCUT2D eigenvalue weighted by Gasteiger charge is -2.34. The summed E-state index contributed by atoms with van der Waals surface area (Å²) in [6.07, 6.45) is 3.26. The lowest BCUT2D eigenvalue weighted by molar-refractivity contribution is -0.127. The minimum Gasteiger partial charge on any atom is -0.353 e. The maximum atomic E-state index is 13.0. The fraction of sp³-hybridized carbons (Fsp3) is 0.263. The number of aromatic nitrogens is 4. The van der Waals surface area contributed by atoms with Crippen molar-refractivity contribution in [1.82, 2.24) is 30.3 Å². The van der Waals surface area contributed by atoms with Crippen LogP contribution in [0.25, 0.3) is 11.4 Å². The molecule has 0 aromatic carbocycles. The third-order valence-corrected chi connectivity index (χ3v) is 4.65. The van der Waals surface area contributed by atoms with Crippen molar-refractivity contribution in [3.63, 3.8) is 0 Å². The van der Waals surface area contributed by atoms with Crippen LogP contribution in [-0.4, -0.2) is 56.0 Å². The van der Waals surface area contributed by atoms with Gasteiger partial charge in [-0.2, -0.15) is 4.98 Å². The Hall–Kier alpha value is -3.82. The van der Waals surface area contributed by atoms with Crippen molar-refractivity contribution in [2.45, 2.75) is 19.4 Å². The van der Waals surface area contributed by atoms with E-state index < -0.39 is 17.5 Å². The van der Waals surface area contributed by atoms with Crippen LogP contribution in [0.2, 0.25) is 0 Å². The van der Waals surface area contributed by atoms with Crippen LogP contribution in [0.3, 0.4) is 0 Å². The van der Waals surface area contributed by atoms with E-state index in [1.807, 2.05) is 0 Å². The molecule has 1 fully saturated rings. The predicted octanol–water partition coefficient (Wildman–Crippen LogP) is 0.312. The van der Waals surface area contributed by atoms with Crippen molar-refractivity contribution in [2.24, 2.45) is 0 Å². The van der Waals surface area contributed by atoms with Crippen LogP contribution in [0.1, 0.15) is 21.9 Å². The molecule has 0 radical (unpaired) electrons. The Morgan fingerprint density at radius 3 is 2.79 bits per heavy atom. The minimum atomic E-state index is -0.859. The van der Waals surface area contributed by atoms with Crippen molar-refractivity contribution >= 4 is 11.8 Å². The van der Waals surface area contributed by atoms with E-state index in [4.69, 9.17) is 4.52 Å². The molecule has 2 N–H and O–H groups in total. The molecule has 3 aromatic rings. The molecule has 10 nitrogen and oxygen atoms in total. The molecule has 4 heterocycles. The molecule has 0 aliphatic carbocycles. The number of nitrogens with one attached hydrogen (secondary N) is 2. The molecule has 2 amide bonds. The molecule has 1 unspecified atom stereocenters. The standard InChI is InChI=1S/C19H18N6O4/c1-11-2-3-13(17(26)22-11)19(28)25-9-8-21-18(27)14(25)10-15-23-16(24-29-15)12-4-6-20-7-5-12/h2-7,14H,8-10H2,1H3,(H,21,27)(H,22,26). The van der Waals surface area contributed by atoms with E-state index in [-0.39, 0.29) is 30.3 Å². The van der Waals surface area contributed by atoms with Crippen LogP contribution in [0.4, 0.5) is 0 Å². The second-order valence-electron chi connectivity index (χ2n) is 6.64. The number of nitrogens with zero attached hydrogens (tertiary/aromatic N) is 4. The van der Waals surface area contributed by atoms with E-state index >= 15 is 0 Å². The van der Waals surface area contributed by atoms with Gasteiger partial charge in [0.2, 0.25) is 17.6 Å². The molecule has 3 aromatic heterocycles. The predicted molar refractivity (Wildman–Crippen MR) is 101 cm³/mol. The summed E-state index contributed by atoms with van der Waals surface area (Å²) < 4.78 is 5.28. The van der Waals surface area contributed by atoms with E-state index in [0.717, 1.165) is 5.56 Å². The third-order valence-electron chi connectivity index (χ3n) is 4.65. The maximum absolute atomic E-state index is 13.0. The van der Waals surface area contributed by atoms with Gasteiger partial charge in [0.15, 0.2) is 0 Å². The zero-order chi connectivity index (χ0) is 20.4. The number of rotatable bonds is 4. The zero-order valence-corrected chi connectivity index (χ0v) is 15.6. The van der Waals surface area contributed by atoms with Gasteiger partial charge >= 0.3 is 0 Å². The second-order valence-corrected chi connectivity index (χ2v) is 6.64. The summed E-state index contributed by atoms with van der Waals surface area (Å²) in [4.78, 5) is 49.8. The van der Waals surface area contributed by atoms with Crippen molar-refractivity contribution in [2.75, 3.05) is 13.1 Å². The molecule has 1 aliphatic rings. The Bertz CT molecular complexity index is 1110. The normalized spacial score (nSPS) is 16.5. The van der Waals surface area contributed by atoms with Crippen molar-refractivity contribution < 1.29 is 14.1 Å². The second kappa shape index (κ2) is 7.66. The van der Waals surface area contributed by atoms with Crippen LogP contribution in [0.5, 0.6) is 0 Å². The van der Waals surface area contributed by atoms with E-state index in [9.17, 15) is 14.4 Å². The van der Waals surface area contributed by atoms with Gasteiger partial charge in [-0.15, -0.1) is 0 Å². The molecule has 1 atom stereocenters. The fourth-order valence-electron chi connectivity index (χ4n) is 3.18. The van der Waals surface area contributed by atoms with E-state index in [2.05, 4.69) is 25.4 Å². The number of piperazine rings is 1. The first-order valence-corrected chi connectivity index (χ1v) is 9.04. The van der Waals surface area contributed by atoms with Crippen LogP contribution in [0, 0.1) is 6.92 Å². The van der Waals surface area contributed by atoms with Crippen molar-refractivity contribution in [1.29, 1.82) is 0 Å². The number of H-pyrrole nitrogens is 1. The monoisotopic (exact) mass is 394 g/mol. The van der Waals surface area contributed by atoms with Crippen LogP contribution < -0.4 is 10.9 Å². The van der Waals surface area contributed by atoms with Crippen LogP contribution in [0.15, 0.2) is 46.0 Å². The number of carbonyl (C=O) groups is 2. The van der Waals surface area contributed by atoms with Gasteiger partial charge in [-0.3, -0.25) is 19.4 Å². The highest BCUT2D eigenvalue weighted by Crippen LogP contribution is 2.18. The summed E-state index contributed by atoms with van der Waals surface area (Å²) in [5.74, 6) is -0.266. The maximum Gasteiger partial charge on any atom is 0.260 e.